The maximum atomic E-state index is 12.7. The number of aromatic nitrogens is 1. The van der Waals surface area contributed by atoms with Crippen molar-refractivity contribution in [2.75, 3.05) is 0 Å². The molecule has 4 nitrogen and oxygen atoms in total. The van der Waals surface area contributed by atoms with Crippen LogP contribution in [0.15, 0.2) is 41.0 Å². The summed E-state index contributed by atoms with van der Waals surface area (Å²) in [6.45, 7) is 0. The molecule has 142 valence electrons. The van der Waals surface area contributed by atoms with Gasteiger partial charge in [-0.2, -0.15) is 21.6 Å². The molecule has 0 bridgehead atoms. The standard InChI is InChI=1S/C18H14F3NO3S2/c1-22-15-7-4-5-11(25-27(23,24)18(19,20)21)9-13(15)14-10-26-16-8-3-2-6-12(16)17(14)22/h2-3,5-9H,4,10H2,1H3. The lowest BCUT2D eigenvalue weighted by atomic mass is 10.1. The molecule has 0 unspecified atom stereocenters. The van der Waals surface area contributed by atoms with Crippen LogP contribution in [0, 0.1) is 0 Å². The summed E-state index contributed by atoms with van der Waals surface area (Å²) in [4.78, 5) is 1.13. The van der Waals surface area contributed by atoms with E-state index in [4.69, 9.17) is 0 Å². The zero-order valence-corrected chi connectivity index (χ0v) is 15.7. The van der Waals surface area contributed by atoms with Crippen molar-refractivity contribution >= 4 is 34.0 Å². The van der Waals surface area contributed by atoms with E-state index >= 15 is 0 Å². The highest BCUT2D eigenvalue weighted by molar-refractivity contribution is 7.98. The number of alkyl halides is 3. The van der Waals surface area contributed by atoms with Crippen molar-refractivity contribution in [3.63, 3.8) is 0 Å². The first-order valence-electron chi connectivity index (χ1n) is 8.01. The fourth-order valence-corrected chi connectivity index (χ4v) is 4.89. The van der Waals surface area contributed by atoms with E-state index in [-0.39, 0.29) is 12.2 Å². The molecule has 1 aromatic carbocycles. The molecule has 2 aromatic rings. The van der Waals surface area contributed by atoms with Gasteiger partial charge in [-0.3, -0.25) is 0 Å². The summed E-state index contributed by atoms with van der Waals surface area (Å²) >= 11 is 1.64. The summed E-state index contributed by atoms with van der Waals surface area (Å²) < 4.78 is 67.1. The lowest BCUT2D eigenvalue weighted by molar-refractivity contribution is -0.0518. The van der Waals surface area contributed by atoms with Gasteiger partial charge in [0.1, 0.15) is 5.76 Å². The molecule has 9 heteroatoms. The third-order valence-electron chi connectivity index (χ3n) is 4.50. The number of rotatable bonds is 2. The van der Waals surface area contributed by atoms with Gasteiger partial charge in [0.2, 0.25) is 0 Å². The molecule has 2 heterocycles. The Balaban J connectivity index is 1.88. The van der Waals surface area contributed by atoms with E-state index in [0.717, 1.165) is 27.1 Å². The molecule has 0 N–H and O–H groups in total. The van der Waals surface area contributed by atoms with E-state index in [0.29, 0.717) is 11.0 Å². The van der Waals surface area contributed by atoms with Crippen LogP contribution in [-0.2, 0) is 27.1 Å². The van der Waals surface area contributed by atoms with Crippen molar-refractivity contribution in [3.8, 4) is 11.3 Å². The van der Waals surface area contributed by atoms with Gasteiger partial charge in [0.05, 0.1) is 5.69 Å². The number of hydrogen-bond donors (Lipinski definition) is 0. The van der Waals surface area contributed by atoms with Crippen molar-refractivity contribution in [2.24, 2.45) is 7.05 Å². The average Bonchev–Trinajstić information content (AvgIpc) is 2.75. The predicted molar refractivity (Wildman–Crippen MR) is 97.3 cm³/mol. The van der Waals surface area contributed by atoms with E-state index in [1.54, 1.807) is 11.8 Å². The van der Waals surface area contributed by atoms with Gasteiger partial charge in [-0.1, -0.05) is 24.3 Å². The van der Waals surface area contributed by atoms with Gasteiger partial charge in [0, 0.05) is 33.8 Å². The number of halogens is 3. The second-order valence-corrected chi connectivity index (χ2v) is 8.70. The second-order valence-electron chi connectivity index (χ2n) is 6.14. The second kappa shape index (κ2) is 6.20. The first kappa shape index (κ1) is 18.2. The molecular weight excluding hydrogens is 399 g/mol. The molecular formula is C18H14F3NO3S2. The molecule has 0 spiro atoms. The molecule has 0 radical (unpaired) electrons. The Morgan fingerprint density at radius 2 is 1.93 bits per heavy atom. The van der Waals surface area contributed by atoms with Gasteiger partial charge < -0.3 is 8.75 Å². The van der Waals surface area contributed by atoms with Crippen LogP contribution in [0.25, 0.3) is 23.4 Å². The van der Waals surface area contributed by atoms with E-state index in [9.17, 15) is 21.6 Å². The molecule has 1 aliphatic carbocycles. The van der Waals surface area contributed by atoms with Gasteiger partial charge in [-0.05, 0) is 30.2 Å². The summed E-state index contributed by atoms with van der Waals surface area (Å²) in [6.07, 6.45) is 4.83. The summed E-state index contributed by atoms with van der Waals surface area (Å²) in [7, 11) is -3.81. The van der Waals surface area contributed by atoms with Crippen LogP contribution >= 0.6 is 11.8 Å². The number of allylic oxidation sites excluding steroid dienone is 2. The van der Waals surface area contributed by atoms with Gasteiger partial charge in [0.15, 0.2) is 0 Å². The fourth-order valence-electron chi connectivity index (χ4n) is 3.34. The molecule has 1 aromatic heterocycles. The number of fused-ring (bicyclic) bond motifs is 5. The third kappa shape index (κ3) is 2.98. The van der Waals surface area contributed by atoms with Crippen LogP contribution in [0.2, 0.25) is 0 Å². The quantitative estimate of drug-likeness (QED) is 0.561. The zero-order chi connectivity index (χ0) is 19.4. The van der Waals surface area contributed by atoms with Crippen LogP contribution in [-0.4, -0.2) is 18.5 Å². The highest BCUT2D eigenvalue weighted by Gasteiger charge is 2.48. The Morgan fingerprint density at radius 1 is 1.19 bits per heavy atom. The highest BCUT2D eigenvalue weighted by Crippen LogP contribution is 2.39. The molecule has 2 aliphatic rings. The van der Waals surface area contributed by atoms with Crippen molar-refractivity contribution in [1.82, 2.24) is 4.57 Å². The van der Waals surface area contributed by atoms with Gasteiger partial charge in [-0.15, -0.1) is 11.8 Å². The van der Waals surface area contributed by atoms with Crippen molar-refractivity contribution in [2.45, 2.75) is 22.6 Å². The molecule has 4 rings (SSSR count). The van der Waals surface area contributed by atoms with Gasteiger partial charge in [0.25, 0.3) is 0 Å². The molecule has 27 heavy (non-hydrogen) atoms. The normalized spacial score (nSPS) is 16.1. The van der Waals surface area contributed by atoms with Crippen LogP contribution in [0.3, 0.4) is 0 Å². The van der Waals surface area contributed by atoms with Gasteiger partial charge in [-0.25, -0.2) is 0 Å². The summed E-state index contributed by atoms with van der Waals surface area (Å²) in [6, 6.07) is 7.92. The molecule has 0 saturated heterocycles. The van der Waals surface area contributed by atoms with E-state index in [1.165, 1.54) is 12.2 Å². The fraction of sp³-hybridized carbons (Fsp3) is 0.222. The van der Waals surface area contributed by atoms with Crippen molar-refractivity contribution < 1.29 is 25.8 Å². The lowest BCUT2D eigenvalue weighted by Gasteiger charge is -2.17. The smallest absolute Gasteiger partial charge is 0.376 e. The minimum Gasteiger partial charge on any atom is -0.376 e. The van der Waals surface area contributed by atoms with Crippen LogP contribution < -0.4 is 10.6 Å². The van der Waals surface area contributed by atoms with E-state index in [2.05, 4.69) is 4.18 Å². The monoisotopic (exact) mass is 413 g/mol. The third-order valence-corrected chi connectivity index (χ3v) is 6.58. The SMILES string of the molecule is Cn1c2c(c3c1=CCC=C(OS(=O)(=O)C(F)(F)F)C=3)CSc1ccccc1-2. The summed E-state index contributed by atoms with van der Waals surface area (Å²) in [5.74, 6) is 0.318. The highest BCUT2D eigenvalue weighted by atomic mass is 32.2. The molecule has 0 fully saturated rings. The topological polar surface area (TPSA) is 48.3 Å². The lowest BCUT2D eigenvalue weighted by Crippen LogP contribution is -2.29. The predicted octanol–water partition coefficient (Wildman–Crippen LogP) is 3.01. The molecule has 0 amide bonds. The van der Waals surface area contributed by atoms with E-state index in [1.807, 2.05) is 42.0 Å². The number of nitrogens with zero attached hydrogens (tertiary/aromatic N) is 1. The Hall–Kier alpha value is -2.13. The van der Waals surface area contributed by atoms with Crippen LogP contribution in [0.5, 0.6) is 0 Å². The zero-order valence-electron chi connectivity index (χ0n) is 14.1. The van der Waals surface area contributed by atoms with Crippen molar-refractivity contribution in [1.29, 1.82) is 0 Å². The molecule has 0 atom stereocenters. The first-order valence-corrected chi connectivity index (χ1v) is 10.4. The average molecular weight is 413 g/mol. The number of benzene rings is 1. The Kier molecular flexibility index (Phi) is 4.19. The first-order chi connectivity index (χ1) is 12.7. The molecule has 1 aliphatic heterocycles. The molecule has 0 saturated carbocycles. The summed E-state index contributed by atoms with van der Waals surface area (Å²) in [5.41, 5.74) is -2.48. The number of thioether (sulfide) groups is 1. The van der Waals surface area contributed by atoms with Crippen molar-refractivity contribution in [3.05, 3.63) is 52.2 Å². The van der Waals surface area contributed by atoms with Crippen LogP contribution in [0.1, 0.15) is 12.0 Å². The number of hydrogen-bond acceptors (Lipinski definition) is 4. The van der Waals surface area contributed by atoms with E-state index < -0.39 is 15.6 Å². The van der Waals surface area contributed by atoms with Gasteiger partial charge >= 0.3 is 15.6 Å². The summed E-state index contributed by atoms with van der Waals surface area (Å²) in [5, 5.41) is 1.52. The maximum absolute atomic E-state index is 12.7. The largest absolute Gasteiger partial charge is 0.534 e. The Bertz CT molecular complexity index is 1190. The minimum atomic E-state index is -5.70. The minimum absolute atomic E-state index is 0.262. The Morgan fingerprint density at radius 3 is 2.67 bits per heavy atom. The maximum Gasteiger partial charge on any atom is 0.534 e. The Labute approximate surface area is 157 Å². The van der Waals surface area contributed by atoms with Crippen LogP contribution in [0.4, 0.5) is 13.2 Å².